The van der Waals surface area contributed by atoms with E-state index in [2.05, 4.69) is 25.3 Å². The Bertz CT molecular complexity index is 2060. The van der Waals surface area contributed by atoms with Gasteiger partial charge >= 0.3 is 0 Å². The van der Waals surface area contributed by atoms with Gasteiger partial charge in [-0.25, -0.2) is 37.1 Å². The molecule has 1 N–H and O–H groups in total. The van der Waals surface area contributed by atoms with Crippen LogP contribution in [0.15, 0.2) is 70.9 Å². The highest BCUT2D eigenvalue weighted by Crippen LogP contribution is 2.34. The van der Waals surface area contributed by atoms with E-state index >= 15 is 0 Å². The molecule has 1 fully saturated rings. The van der Waals surface area contributed by atoms with Crippen LogP contribution in [0.5, 0.6) is 0 Å². The van der Waals surface area contributed by atoms with E-state index in [4.69, 9.17) is 0 Å². The van der Waals surface area contributed by atoms with Crippen LogP contribution in [0.25, 0.3) is 33.4 Å². The van der Waals surface area contributed by atoms with Gasteiger partial charge in [0.25, 0.3) is 5.56 Å². The molecule has 3 aromatic heterocycles. The Morgan fingerprint density at radius 3 is 2.25 bits per heavy atom. The lowest BCUT2D eigenvalue weighted by Crippen LogP contribution is -2.51. The van der Waals surface area contributed by atoms with Gasteiger partial charge in [0.1, 0.15) is 22.7 Å². The van der Waals surface area contributed by atoms with Gasteiger partial charge in [0, 0.05) is 61.9 Å². The van der Waals surface area contributed by atoms with E-state index in [1.54, 1.807) is 44.8 Å². The molecule has 226 valence electrons. The van der Waals surface area contributed by atoms with Crippen molar-refractivity contribution in [1.82, 2.24) is 28.8 Å². The van der Waals surface area contributed by atoms with Gasteiger partial charge in [-0.15, -0.1) is 0 Å². The largest absolute Gasteiger partial charge is 0.377 e. The molecule has 1 aliphatic heterocycles. The third-order valence-corrected chi connectivity index (χ3v) is 9.60. The molecule has 5 aromatic rings. The molecular weight excluding hydrogens is 588 g/mol. The summed E-state index contributed by atoms with van der Waals surface area (Å²) in [5.74, 6) is 0.352. The minimum atomic E-state index is -4.13. The molecule has 2 aromatic carbocycles. The highest BCUT2D eigenvalue weighted by molar-refractivity contribution is 7.89. The van der Waals surface area contributed by atoms with Crippen molar-refractivity contribution in [2.75, 3.05) is 18.4 Å². The van der Waals surface area contributed by atoms with Crippen LogP contribution in [-0.4, -0.2) is 56.5 Å². The molecule has 0 radical (unpaired) electrons. The third-order valence-electron chi connectivity index (χ3n) is 7.72. The predicted octanol–water partition coefficient (Wildman–Crippen LogP) is 4.72. The fourth-order valence-electron chi connectivity index (χ4n) is 5.30. The molecule has 0 aliphatic carbocycles. The van der Waals surface area contributed by atoms with E-state index in [9.17, 15) is 22.0 Å². The van der Waals surface area contributed by atoms with E-state index < -0.39 is 28.1 Å². The summed E-state index contributed by atoms with van der Waals surface area (Å²) in [6.45, 7) is 4.94. The van der Waals surface area contributed by atoms with Crippen molar-refractivity contribution in [3.05, 3.63) is 94.3 Å². The monoisotopic (exact) mass is 617 g/mol. The maximum atomic E-state index is 14.2. The van der Waals surface area contributed by atoms with Crippen LogP contribution in [-0.2, 0) is 17.1 Å². The highest BCUT2D eigenvalue weighted by Gasteiger charge is 2.38. The summed E-state index contributed by atoms with van der Waals surface area (Å²) in [5, 5.41) is 4.34. The van der Waals surface area contributed by atoms with Crippen LogP contribution in [0, 0.1) is 19.7 Å². The zero-order valence-corrected chi connectivity index (χ0v) is 25.2. The lowest BCUT2D eigenvalue weighted by atomic mass is 9.96. The Kier molecular flexibility index (Phi) is 7.46. The minimum absolute atomic E-state index is 0.170. The molecule has 13 heteroatoms. The number of fused-ring (bicyclic) bond motifs is 1. The summed E-state index contributed by atoms with van der Waals surface area (Å²) in [6.07, 6.45) is 5.30. The topological polar surface area (TPSA) is 123 Å². The molecule has 4 heterocycles. The molecule has 6 rings (SSSR count). The first-order chi connectivity index (χ1) is 20.9. The number of hydrogen-bond acceptors (Lipinski definition) is 8. The van der Waals surface area contributed by atoms with Crippen molar-refractivity contribution < 1.29 is 17.2 Å². The van der Waals surface area contributed by atoms with Gasteiger partial charge in [0.15, 0.2) is 5.82 Å². The van der Waals surface area contributed by atoms with Gasteiger partial charge in [-0.2, -0.15) is 4.31 Å². The predicted molar refractivity (Wildman–Crippen MR) is 163 cm³/mol. The average Bonchev–Trinajstić information content (AvgIpc) is 2.98. The fraction of sp³-hybridized carbons (Fsp3) is 0.258. The Hall–Kier alpha value is -4.62. The Labute approximate surface area is 252 Å². The van der Waals surface area contributed by atoms with E-state index in [0.29, 0.717) is 39.2 Å². The number of nitrogens with zero attached hydrogens (tertiary/aromatic N) is 6. The van der Waals surface area contributed by atoms with Crippen LogP contribution in [0.2, 0.25) is 0 Å². The zero-order valence-electron chi connectivity index (χ0n) is 24.4. The minimum Gasteiger partial charge on any atom is -0.377 e. The van der Waals surface area contributed by atoms with Crippen molar-refractivity contribution in [2.45, 2.75) is 37.9 Å². The normalized spacial score (nSPS) is 14.9. The molecule has 0 amide bonds. The summed E-state index contributed by atoms with van der Waals surface area (Å²) in [4.78, 5) is 30.7. The standard InChI is InChI=1S/C31H29F2N7O3S/c1-17-7-24(18(2)38-27-6-5-22(32)9-29(27)44(42,43)40-15-23(33)16-40)25-10-28(39(4)31(41)26(25)8-17)20-11-36-30(37-12-20)21-13-34-19(3)35-14-21/h5-14,18,23,38H,15-16H2,1-4H3/t18-/m1/s1. The second-order valence-corrected chi connectivity index (χ2v) is 12.9. The number of sulfonamides is 1. The number of halogens is 2. The molecule has 0 spiro atoms. The first kappa shape index (κ1) is 29.5. The maximum Gasteiger partial charge on any atom is 0.258 e. The Morgan fingerprint density at radius 2 is 1.59 bits per heavy atom. The van der Waals surface area contributed by atoms with Crippen LogP contribution < -0.4 is 10.9 Å². The van der Waals surface area contributed by atoms with Gasteiger partial charge < -0.3 is 9.88 Å². The summed E-state index contributed by atoms with van der Waals surface area (Å²) in [5.41, 5.74) is 3.36. The molecule has 1 saturated heterocycles. The van der Waals surface area contributed by atoms with Crippen LogP contribution in [0.3, 0.4) is 0 Å². The number of alkyl halides is 1. The number of hydrogen-bond donors (Lipinski definition) is 1. The first-order valence-electron chi connectivity index (χ1n) is 13.9. The Balaban J connectivity index is 1.40. The van der Waals surface area contributed by atoms with E-state index in [0.717, 1.165) is 27.6 Å². The molecule has 1 atom stereocenters. The number of aromatic nitrogens is 5. The second-order valence-electron chi connectivity index (χ2n) is 10.9. The summed E-state index contributed by atoms with van der Waals surface area (Å²) >= 11 is 0. The number of pyridine rings is 1. The summed E-state index contributed by atoms with van der Waals surface area (Å²) in [6, 6.07) is 8.54. The van der Waals surface area contributed by atoms with Crippen molar-refractivity contribution in [3.8, 4) is 22.6 Å². The third kappa shape index (κ3) is 5.33. The van der Waals surface area contributed by atoms with Crippen molar-refractivity contribution in [2.24, 2.45) is 7.05 Å². The number of anilines is 1. The summed E-state index contributed by atoms with van der Waals surface area (Å²) in [7, 11) is -2.46. The molecule has 0 unspecified atom stereocenters. The molecule has 1 aliphatic rings. The van der Waals surface area contributed by atoms with Crippen LogP contribution in [0.1, 0.15) is 29.9 Å². The fourth-order valence-corrected chi connectivity index (χ4v) is 6.96. The molecular formula is C31H29F2N7O3S. The van der Waals surface area contributed by atoms with Gasteiger partial charge in [-0.1, -0.05) is 6.07 Å². The SMILES string of the molecule is Cc1cc([C@@H](C)Nc2ccc(F)cc2S(=O)(=O)N2CC(F)C2)c2cc(-c3cnc(-c4cnc(C)nc4)nc3)n(C)c(=O)c2c1. The highest BCUT2D eigenvalue weighted by atomic mass is 32.2. The van der Waals surface area contributed by atoms with Crippen LogP contribution >= 0.6 is 0 Å². The van der Waals surface area contributed by atoms with E-state index in [-0.39, 0.29) is 29.2 Å². The number of nitrogens with one attached hydrogen (secondary N) is 1. The van der Waals surface area contributed by atoms with Gasteiger partial charge in [-0.3, -0.25) is 4.79 Å². The van der Waals surface area contributed by atoms with Crippen molar-refractivity contribution >= 4 is 26.5 Å². The lowest BCUT2D eigenvalue weighted by Gasteiger charge is -2.33. The molecule has 0 bridgehead atoms. The smallest absolute Gasteiger partial charge is 0.258 e. The van der Waals surface area contributed by atoms with E-state index in [1.807, 2.05) is 26.0 Å². The number of benzene rings is 2. The quantitative estimate of drug-likeness (QED) is 0.278. The lowest BCUT2D eigenvalue weighted by molar-refractivity contribution is 0.141. The van der Waals surface area contributed by atoms with Crippen molar-refractivity contribution in [1.29, 1.82) is 0 Å². The second kappa shape index (κ2) is 11.1. The molecule has 44 heavy (non-hydrogen) atoms. The number of aryl methyl sites for hydroxylation is 2. The van der Waals surface area contributed by atoms with Crippen molar-refractivity contribution in [3.63, 3.8) is 0 Å². The van der Waals surface area contributed by atoms with Crippen LogP contribution in [0.4, 0.5) is 14.5 Å². The van der Waals surface area contributed by atoms with Gasteiger partial charge in [-0.05, 0) is 67.6 Å². The Morgan fingerprint density at radius 1 is 0.932 bits per heavy atom. The van der Waals surface area contributed by atoms with Gasteiger partial charge in [0.05, 0.1) is 16.9 Å². The maximum absolute atomic E-state index is 14.2. The zero-order chi connectivity index (χ0) is 31.3. The average molecular weight is 618 g/mol. The first-order valence-corrected chi connectivity index (χ1v) is 15.3. The number of rotatable bonds is 7. The molecule has 0 saturated carbocycles. The molecule has 10 nitrogen and oxygen atoms in total. The summed E-state index contributed by atoms with van der Waals surface area (Å²) < 4.78 is 56.7. The van der Waals surface area contributed by atoms with Gasteiger partial charge in [0.2, 0.25) is 10.0 Å². The van der Waals surface area contributed by atoms with E-state index in [1.165, 1.54) is 10.6 Å².